The molecule has 6 heteroatoms. The average molecular weight is 303 g/mol. The number of hydrogen-bond acceptors (Lipinski definition) is 3. The minimum atomic E-state index is -0.701. The first kappa shape index (κ1) is 16.0. The summed E-state index contributed by atoms with van der Waals surface area (Å²) in [6.07, 6.45) is 1.33. The van der Waals surface area contributed by atoms with E-state index in [0.29, 0.717) is 18.7 Å². The molecule has 1 aromatic carbocycles. The fourth-order valence-corrected chi connectivity index (χ4v) is 2.58. The average Bonchev–Trinajstić information content (AvgIpc) is 2.97. The van der Waals surface area contributed by atoms with Crippen LogP contribution in [0.5, 0.6) is 0 Å². The van der Waals surface area contributed by atoms with Gasteiger partial charge in [-0.2, -0.15) is 0 Å². The van der Waals surface area contributed by atoms with Gasteiger partial charge in [-0.05, 0) is 31.4 Å². The highest BCUT2D eigenvalue weighted by molar-refractivity contribution is 6.40. The summed E-state index contributed by atoms with van der Waals surface area (Å²) in [6, 6.07) is 6.71. The van der Waals surface area contributed by atoms with Crippen LogP contribution in [-0.2, 0) is 14.4 Å². The molecule has 0 saturated carbocycles. The van der Waals surface area contributed by atoms with Crippen LogP contribution in [0, 0.1) is 6.92 Å². The molecule has 118 valence electrons. The highest BCUT2D eigenvalue weighted by Gasteiger charge is 2.37. The van der Waals surface area contributed by atoms with Crippen LogP contribution in [0.3, 0.4) is 0 Å². The molecule has 1 N–H and O–H groups in total. The molecule has 1 aliphatic heterocycles. The molecule has 0 spiro atoms. The topological polar surface area (TPSA) is 69.7 Å². The van der Waals surface area contributed by atoms with Crippen LogP contribution in [0.2, 0.25) is 0 Å². The summed E-state index contributed by atoms with van der Waals surface area (Å²) >= 11 is 0. The van der Waals surface area contributed by atoms with E-state index in [-0.39, 0.29) is 5.91 Å². The molecule has 0 radical (unpaired) electrons. The molecule has 0 aliphatic carbocycles. The summed E-state index contributed by atoms with van der Waals surface area (Å²) in [4.78, 5) is 39.4. The summed E-state index contributed by atoms with van der Waals surface area (Å²) in [5.74, 6) is -1.50. The molecule has 1 aromatic rings. The zero-order valence-corrected chi connectivity index (χ0v) is 13.1. The number of nitrogens with one attached hydrogen (secondary N) is 1. The van der Waals surface area contributed by atoms with Gasteiger partial charge in [-0.25, -0.2) is 0 Å². The van der Waals surface area contributed by atoms with E-state index in [1.54, 1.807) is 26.2 Å². The molecule has 2 rings (SSSR count). The number of rotatable bonds is 2. The quantitative estimate of drug-likeness (QED) is 0.829. The van der Waals surface area contributed by atoms with Gasteiger partial charge in [0.25, 0.3) is 0 Å². The smallest absolute Gasteiger partial charge is 0.313 e. The number of carbonyl (C=O) groups is 3. The zero-order chi connectivity index (χ0) is 16.3. The van der Waals surface area contributed by atoms with E-state index in [0.717, 1.165) is 12.0 Å². The number of aryl methyl sites for hydroxylation is 1. The van der Waals surface area contributed by atoms with E-state index in [1.807, 2.05) is 19.1 Å². The van der Waals surface area contributed by atoms with Gasteiger partial charge in [0.2, 0.25) is 5.91 Å². The number of amides is 3. The van der Waals surface area contributed by atoms with Crippen LogP contribution < -0.4 is 5.32 Å². The third-order valence-corrected chi connectivity index (χ3v) is 3.83. The van der Waals surface area contributed by atoms with Crippen molar-refractivity contribution in [1.29, 1.82) is 0 Å². The number of likely N-dealkylation sites (tertiary alicyclic amines) is 1. The largest absolute Gasteiger partial charge is 0.347 e. The standard InChI is InChI=1S/C16H21N3O3/c1-11-7-4-5-8-12(11)17-14(20)16(22)19-10-6-9-13(19)15(21)18(2)3/h4-5,7-8,13H,6,9-10H2,1-3H3,(H,17,20). The molecule has 1 fully saturated rings. The molecule has 1 atom stereocenters. The van der Waals surface area contributed by atoms with Crippen LogP contribution in [0.1, 0.15) is 18.4 Å². The molecular formula is C16H21N3O3. The van der Waals surface area contributed by atoms with Crippen molar-refractivity contribution in [3.63, 3.8) is 0 Å². The van der Waals surface area contributed by atoms with Gasteiger partial charge >= 0.3 is 11.8 Å². The number of para-hydroxylation sites is 1. The van der Waals surface area contributed by atoms with Crippen molar-refractivity contribution in [2.75, 3.05) is 26.0 Å². The fourth-order valence-electron chi connectivity index (χ4n) is 2.58. The lowest BCUT2D eigenvalue weighted by Gasteiger charge is -2.25. The van der Waals surface area contributed by atoms with Crippen molar-refractivity contribution < 1.29 is 14.4 Å². The summed E-state index contributed by atoms with van der Waals surface area (Å²) in [5, 5.41) is 2.62. The fraction of sp³-hybridized carbons (Fsp3) is 0.438. The van der Waals surface area contributed by atoms with Crippen molar-refractivity contribution in [2.24, 2.45) is 0 Å². The van der Waals surface area contributed by atoms with Crippen molar-refractivity contribution in [1.82, 2.24) is 9.80 Å². The molecule has 6 nitrogen and oxygen atoms in total. The Labute approximate surface area is 130 Å². The Morgan fingerprint density at radius 3 is 2.55 bits per heavy atom. The second kappa shape index (κ2) is 6.60. The number of likely N-dealkylation sites (N-methyl/N-ethyl adjacent to an activating group) is 1. The van der Waals surface area contributed by atoms with Crippen LogP contribution in [0.15, 0.2) is 24.3 Å². The number of hydrogen-bond donors (Lipinski definition) is 1. The van der Waals surface area contributed by atoms with Gasteiger partial charge in [-0.3, -0.25) is 14.4 Å². The van der Waals surface area contributed by atoms with Crippen LogP contribution in [-0.4, -0.2) is 54.2 Å². The van der Waals surface area contributed by atoms with Crippen LogP contribution >= 0.6 is 0 Å². The summed E-state index contributed by atoms with van der Waals surface area (Å²) in [7, 11) is 3.30. The van der Waals surface area contributed by atoms with Crippen LogP contribution in [0.4, 0.5) is 5.69 Å². The highest BCUT2D eigenvalue weighted by atomic mass is 16.2. The normalized spacial score (nSPS) is 17.2. The molecule has 0 aromatic heterocycles. The second-order valence-corrected chi connectivity index (χ2v) is 5.66. The Bertz CT molecular complexity index is 598. The minimum Gasteiger partial charge on any atom is -0.347 e. The Hall–Kier alpha value is -2.37. The monoisotopic (exact) mass is 303 g/mol. The van der Waals surface area contributed by atoms with E-state index in [9.17, 15) is 14.4 Å². The first-order valence-electron chi connectivity index (χ1n) is 7.30. The lowest BCUT2D eigenvalue weighted by atomic mass is 10.2. The van der Waals surface area contributed by atoms with Gasteiger partial charge < -0.3 is 15.1 Å². The predicted molar refractivity (Wildman–Crippen MR) is 83.2 cm³/mol. The summed E-state index contributed by atoms with van der Waals surface area (Å²) in [5.41, 5.74) is 1.49. The zero-order valence-electron chi connectivity index (χ0n) is 13.1. The summed E-state index contributed by atoms with van der Waals surface area (Å²) < 4.78 is 0. The van der Waals surface area contributed by atoms with Gasteiger partial charge in [-0.15, -0.1) is 0 Å². The molecule has 1 heterocycles. The molecule has 0 bridgehead atoms. The van der Waals surface area contributed by atoms with Gasteiger partial charge in [0.1, 0.15) is 6.04 Å². The van der Waals surface area contributed by atoms with Crippen molar-refractivity contribution in [2.45, 2.75) is 25.8 Å². The first-order valence-corrected chi connectivity index (χ1v) is 7.30. The van der Waals surface area contributed by atoms with Crippen molar-refractivity contribution >= 4 is 23.4 Å². The Morgan fingerprint density at radius 1 is 1.23 bits per heavy atom. The van der Waals surface area contributed by atoms with E-state index < -0.39 is 17.9 Å². The number of anilines is 1. The maximum absolute atomic E-state index is 12.3. The van der Waals surface area contributed by atoms with Crippen molar-refractivity contribution in [3.8, 4) is 0 Å². The lowest BCUT2D eigenvalue weighted by Crippen LogP contribution is -2.49. The Balaban J connectivity index is 2.08. The molecule has 1 aliphatic rings. The number of carbonyl (C=O) groups excluding carboxylic acids is 3. The molecule has 3 amide bonds. The van der Waals surface area contributed by atoms with Gasteiger partial charge in [0.15, 0.2) is 0 Å². The number of nitrogens with zero attached hydrogens (tertiary/aromatic N) is 2. The van der Waals surface area contributed by atoms with E-state index in [4.69, 9.17) is 0 Å². The Morgan fingerprint density at radius 2 is 1.91 bits per heavy atom. The second-order valence-electron chi connectivity index (χ2n) is 5.66. The maximum atomic E-state index is 12.3. The van der Waals surface area contributed by atoms with Crippen LogP contribution in [0.25, 0.3) is 0 Å². The van der Waals surface area contributed by atoms with Gasteiger partial charge in [0.05, 0.1) is 0 Å². The predicted octanol–water partition coefficient (Wildman–Crippen LogP) is 1.01. The third-order valence-electron chi connectivity index (χ3n) is 3.83. The maximum Gasteiger partial charge on any atom is 0.313 e. The van der Waals surface area contributed by atoms with Crippen molar-refractivity contribution in [3.05, 3.63) is 29.8 Å². The highest BCUT2D eigenvalue weighted by Crippen LogP contribution is 2.20. The first-order chi connectivity index (χ1) is 10.4. The minimum absolute atomic E-state index is 0.144. The van der Waals surface area contributed by atoms with E-state index in [1.165, 1.54) is 9.80 Å². The molecule has 1 saturated heterocycles. The molecule has 22 heavy (non-hydrogen) atoms. The van der Waals surface area contributed by atoms with Gasteiger partial charge in [0, 0.05) is 26.3 Å². The van der Waals surface area contributed by atoms with Gasteiger partial charge in [-0.1, -0.05) is 18.2 Å². The van der Waals surface area contributed by atoms with E-state index in [2.05, 4.69) is 5.32 Å². The molecule has 1 unspecified atom stereocenters. The number of benzene rings is 1. The molecular weight excluding hydrogens is 282 g/mol. The SMILES string of the molecule is Cc1ccccc1NC(=O)C(=O)N1CCCC1C(=O)N(C)C. The lowest BCUT2D eigenvalue weighted by molar-refractivity contribution is -0.147. The third kappa shape index (κ3) is 3.27. The summed E-state index contributed by atoms with van der Waals surface area (Å²) in [6.45, 7) is 2.29. The Kier molecular flexibility index (Phi) is 4.80. The van der Waals surface area contributed by atoms with E-state index >= 15 is 0 Å².